The van der Waals surface area contributed by atoms with E-state index in [0.717, 1.165) is 52.2 Å². The van der Waals surface area contributed by atoms with Gasteiger partial charge in [0.15, 0.2) is 0 Å². The molecule has 0 saturated carbocycles. The van der Waals surface area contributed by atoms with E-state index < -0.39 is 0 Å². The van der Waals surface area contributed by atoms with E-state index in [0.29, 0.717) is 21.8 Å². The molecule has 7 heteroatoms. The molecule has 0 aliphatic carbocycles. The van der Waals surface area contributed by atoms with Crippen molar-refractivity contribution in [2.45, 2.75) is 31.8 Å². The van der Waals surface area contributed by atoms with Gasteiger partial charge < -0.3 is 10.1 Å². The highest BCUT2D eigenvalue weighted by molar-refractivity contribution is 6.36. The van der Waals surface area contributed by atoms with Crippen LogP contribution in [0.4, 0.5) is 5.69 Å². The molecule has 2 aliphatic heterocycles. The first-order valence-corrected chi connectivity index (χ1v) is 9.62. The van der Waals surface area contributed by atoms with Crippen molar-refractivity contribution < 1.29 is 9.53 Å². The van der Waals surface area contributed by atoms with E-state index in [1.807, 2.05) is 6.92 Å². The number of nitrogens with one attached hydrogen (secondary N) is 1. The quantitative estimate of drug-likeness (QED) is 0.864. The number of halogens is 2. The smallest absolute Gasteiger partial charge is 0.241 e. The van der Waals surface area contributed by atoms with E-state index in [2.05, 4.69) is 15.1 Å². The Balaban J connectivity index is 1.51. The number of hydrogen-bond donors (Lipinski definition) is 1. The predicted octanol–water partition coefficient (Wildman–Crippen LogP) is 3.12. The topological polar surface area (TPSA) is 44.8 Å². The molecule has 1 N–H and O–H groups in total. The van der Waals surface area contributed by atoms with E-state index in [1.165, 1.54) is 0 Å². The van der Waals surface area contributed by atoms with Gasteiger partial charge in [0.1, 0.15) is 0 Å². The van der Waals surface area contributed by atoms with Crippen LogP contribution in [-0.4, -0.2) is 67.2 Å². The van der Waals surface area contributed by atoms with Crippen LogP contribution in [0.5, 0.6) is 0 Å². The van der Waals surface area contributed by atoms with Crippen LogP contribution in [0.25, 0.3) is 0 Å². The van der Waals surface area contributed by atoms with Crippen LogP contribution < -0.4 is 5.32 Å². The van der Waals surface area contributed by atoms with Gasteiger partial charge in [-0.05, 0) is 38.0 Å². The van der Waals surface area contributed by atoms with Crippen LogP contribution in [0, 0.1) is 0 Å². The molecule has 0 bridgehead atoms. The second kappa shape index (κ2) is 8.69. The van der Waals surface area contributed by atoms with Crippen LogP contribution in [0.1, 0.15) is 19.8 Å². The lowest BCUT2D eigenvalue weighted by molar-refractivity contribution is -0.121. The van der Waals surface area contributed by atoms with E-state index >= 15 is 0 Å². The summed E-state index contributed by atoms with van der Waals surface area (Å²) < 4.78 is 5.45. The molecule has 1 atom stereocenters. The van der Waals surface area contributed by atoms with Crippen LogP contribution in [0.15, 0.2) is 18.2 Å². The lowest BCUT2D eigenvalue weighted by Crippen LogP contribution is -2.55. The fourth-order valence-corrected chi connectivity index (χ4v) is 3.99. The zero-order valence-corrected chi connectivity index (χ0v) is 16.0. The van der Waals surface area contributed by atoms with Crippen molar-refractivity contribution in [2.75, 3.05) is 44.7 Å². The van der Waals surface area contributed by atoms with Gasteiger partial charge in [-0.3, -0.25) is 14.6 Å². The Morgan fingerprint density at radius 2 is 1.88 bits per heavy atom. The van der Waals surface area contributed by atoms with Crippen molar-refractivity contribution in [2.24, 2.45) is 0 Å². The zero-order valence-electron chi connectivity index (χ0n) is 14.5. The number of carbonyl (C=O) groups excluding carboxylic acids is 1. The van der Waals surface area contributed by atoms with E-state index in [9.17, 15) is 4.79 Å². The van der Waals surface area contributed by atoms with Gasteiger partial charge >= 0.3 is 0 Å². The van der Waals surface area contributed by atoms with E-state index in [-0.39, 0.29) is 11.9 Å². The minimum absolute atomic E-state index is 0.0382. The molecule has 5 nitrogen and oxygen atoms in total. The average molecular weight is 386 g/mol. The lowest BCUT2D eigenvalue weighted by atomic mass is 10.1. The van der Waals surface area contributed by atoms with E-state index in [1.54, 1.807) is 18.2 Å². The SMILES string of the molecule is CC(C(=O)Nc1ccc(Cl)cc1Cl)N1CCN(C2CCOCC2)CC1. The Hall–Kier alpha value is -0.850. The van der Waals surface area contributed by atoms with Crippen LogP contribution in [-0.2, 0) is 9.53 Å². The summed E-state index contributed by atoms with van der Waals surface area (Å²) in [6.45, 7) is 7.49. The van der Waals surface area contributed by atoms with Gasteiger partial charge in [-0.15, -0.1) is 0 Å². The Morgan fingerprint density at radius 1 is 1.20 bits per heavy atom. The summed E-state index contributed by atoms with van der Waals surface area (Å²) in [7, 11) is 0. The maximum Gasteiger partial charge on any atom is 0.241 e. The number of carbonyl (C=O) groups is 1. The molecule has 25 heavy (non-hydrogen) atoms. The van der Waals surface area contributed by atoms with Crippen molar-refractivity contribution in [1.82, 2.24) is 9.80 Å². The van der Waals surface area contributed by atoms with Crippen LogP contribution in [0.2, 0.25) is 10.0 Å². The molecule has 1 aromatic carbocycles. The zero-order chi connectivity index (χ0) is 17.8. The van der Waals surface area contributed by atoms with Crippen LogP contribution >= 0.6 is 23.2 Å². The summed E-state index contributed by atoms with van der Waals surface area (Å²) in [5.74, 6) is -0.0382. The highest BCUT2D eigenvalue weighted by Crippen LogP contribution is 2.26. The van der Waals surface area contributed by atoms with Gasteiger partial charge in [-0.25, -0.2) is 0 Å². The summed E-state index contributed by atoms with van der Waals surface area (Å²) in [5, 5.41) is 3.92. The Labute approximate surface area is 159 Å². The average Bonchev–Trinajstić information content (AvgIpc) is 2.64. The van der Waals surface area contributed by atoms with Crippen LogP contribution in [0.3, 0.4) is 0 Å². The first kappa shape index (κ1) is 18.9. The summed E-state index contributed by atoms with van der Waals surface area (Å²) in [6.07, 6.45) is 2.23. The number of benzene rings is 1. The van der Waals surface area contributed by atoms with Crippen molar-refractivity contribution >= 4 is 34.8 Å². The summed E-state index contributed by atoms with van der Waals surface area (Å²) in [6, 6.07) is 5.53. The number of ether oxygens (including phenoxy) is 1. The van der Waals surface area contributed by atoms with Gasteiger partial charge in [-0.2, -0.15) is 0 Å². The Bertz CT molecular complexity index is 600. The number of rotatable bonds is 4. The standard InChI is InChI=1S/C18H25Cl2N3O2/c1-13(18(24)21-17-3-2-14(19)12-16(17)20)22-6-8-23(9-7-22)15-4-10-25-11-5-15/h2-3,12-13,15H,4-11H2,1H3,(H,21,24). The molecule has 2 fully saturated rings. The molecular formula is C18H25Cl2N3O2. The van der Waals surface area contributed by atoms with Gasteiger partial charge in [0, 0.05) is 50.5 Å². The molecule has 2 saturated heterocycles. The minimum atomic E-state index is -0.191. The molecule has 138 valence electrons. The molecule has 2 aliphatic rings. The second-order valence-electron chi connectivity index (χ2n) is 6.70. The molecule has 3 rings (SSSR count). The lowest BCUT2D eigenvalue weighted by Gasteiger charge is -2.42. The first-order chi connectivity index (χ1) is 12.0. The third kappa shape index (κ3) is 4.86. The second-order valence-corrected chi connectivity index (χ2v) is 7.55. The molecule has 0 spiro atoms. The normalized spacial score (nSPS) is 21.9. The highest BCUT2D eigenvalue weighted by atomic mass is 35.5. The largest absolute Gasteiger partial charge is 0.381 e. The van der Waals surface area contributed by atoms with Crippen molar-refractivity contribution in [3.05, 3.63) is 28.2 Å². The fourth-order valence-electron chi connectivity index (χ4n) is 3.53. The Kier molecular flexibility index (Phi) is 6.58. The van der Waals surface area contributed by atoms with Crippen molar-refractivity contribution in [3.63, 3.8) is 0 Å². The maximum absolute atomic E-state index is 12.6. The number of anilines is 1. The summed E-state index contributed by atoms with van der Waals surface area (Å²) in [4.78, 5) is 17.3. The number of amides is 1. The molecule has 1 unspecified atom stereocenters. The number of piperazine rings is 1. The van der Waals surface area contributed by atoms with Gasteiger partial charge in [-0.1, -0.05) is 23.2 Å². The van der Waals surface area contributed by atoms with Crippen molar-refractivity contribution in [1.29, 1.82) is 0 Å². The van der Waals surface area contributed by atoms with Crippen molar-refractivity contribution in [3.8, 4) is 0 Å². The first-order valence-electron chi connectivity index (χ1n) is 8.86. The number of nitrogens with zero attached hydrogens (tertiary/aromatic N) is 2. The predicted molar refractivity (Wildman–Crippen MR) is 102 cm³/mol. The van der Waals surface area contributed by atoms with E-state index in [4.69, 9.17) is 27.9 Å². The minimum Gasteiger partial charge on any atom is -0.381 e. The fraction of sp³-hybridized carbons (Fsp3) is 0.611. The molecular weight excluding hydrogens is 361 g/mol. The molecule has 1 aromatic rings. The summed E-state index contributed by atoms with van der Waals surface area (Å²) >= 11 is 12.0. The monoisotopic (exact) mass is 385 g/mol. The molecule has 0 aromatic heterocycles. The molecule has 1 amide bonds. The third-order valence-electron chi connectivity index (χ3n) is 5.17. The Morgan fingerprint density at radius 3 is 2.52 bits per heavy atom. The maximum atomic E-state index is 12.6. The molecule has 2 heterocycles. The van der Waals surface area contributed by atoms with Gasteiger partial charge in [0.05, 0.1) is 16.8 Å². The van der Waals surface area contributed by atoms with Gasteiger partial charge in [0.2, 0.25) is 5.91 Å². The highest BCUT2D eigenvalue weighted by Gasteiger charge is 2.29. The summed E-state index contributed by atoms with van der Waals surface area (Å²) in [5.41, 5.74) is 0.601. The number of hydrogen-bond acceptors (Lipinski definition) is 4. The molecule has 0 radical (unpaired) electrons. The van der Waals surface area contributed by atoms with Gasteiger partial charge in [0.25, 0.3) is 0 Å². The third-order valence-corrected chi connectivity index (χ3v) is 5.72.